The van der Waals surface area contributed by atoms with Crippen LogP contribution in [0.5, 0.6) is 0 Å². The van der Waals surface area contributed by atoms with Crippen LogP contribution in [-0.2, 0) is 6.18 Å². The van der Waals surface area contributed by atoms with Crippen LogP contribution in [0.2, 0.25) is 0 Å². The number of hydrogen-bond donors (Lipinski definition) is 2. The molecule has 0 aliphatic heterocycles. The van der Waals surface area contributed by atoms with Crippen molar-refractivity contribution in [2.24, 2.45) is 0 Å². The van der Waals surface area contributed by atoms with Crippen molar-refractivity contribution in [3.05, 3.63) is 58.5 Å². The Balaban J connectivity index is 2.32. The summed E-state index contributed by atoms with van der Waals surface area (Å²) in [5.41, 5.74) is 0.220. The van der Waals surface area contributed by atoms with E-state index < -0.39 is 11.7 Å². The van der Waals surface area contributed by atoms with Gasteiger partial charge in [0.05, 0.1) is 16.6 Å². The number of rotatable bonds is 1. The van der Waals surface area contributed by atoms with Crippen LogP contribution in [0.1, 0.15) is 5.56 Å². The first kappa shape index (κ1) is 12.5. The average molecular weight is 278 g/mol. The zero-order valence-electron chi connectivity index (χ0n) is 10.1. The number of aromatic nitrogens is 2. The van der Waals surface area contributed by atoms with E-state index in [1.165, 1.54) is 36.5 Å². The van der Waals surface area contributed by atoms with Crippen molar-refractivity contribution in [1.29, 1.82) is 0 Å². The summed E-state index contributed by atoms with van der Waals surface area (Å²) in [6.07, 6.45) is -2.99. The van der Waals surface area contributed by atoms with Crippen molar-refractivity contribution in [2.45, 2.75) is 6.18 Å². The largest absolute Gasteiger partial charge is 0.417 e. The van der Waals surface area contributed by atoms with Crippen molar-refractivity contribution >= 4 is 11.0 Å². The van der Waals surface area contributed by atoms with Crippen LogP contribution in [0.4, 0.5) is 13.2 Å². The Bertz CT molecular complexity index is 830. The molecule has 0 amide bonds. The maximum atomic E-state index is 13.0. The van der Waals surface area contributed by atoms with Gasteiger partial charge in [0.15, 0.2) is 0 Å². The quantitative estimate of drug-likeness (QED) is 0.702. The second kappa shape index (κ2) is 4.26. The Morgan fingerprint density at radius 3 is 2.45 bits per heavy atom. The van der Waals surface area contributed by atoms with E-state index in [9.17, 15) is 18.0 Å². The standard InChI is InChI=1S/C14H9F3N2O/c15-14(16,17)10-4-2-1-3-8(10)9-7-18-11-5-6-12(20)19-13(9)11/h1-7,18H,(H,19,20). The number of halogens is 3. The summed E-state index contributed by atoms with van der Waals surface area (Å²) in [7, 11) is 0. The van der Waals surface area contributed by atoms with Gasteiger partial charge in [0, 0.05) is 17.8 Å². The molecule has 0 spiro atoms. The summed E-state index contributed by atoms with van der Waals surface area (Å²) in [5, 5.41) is 0. The molecule has 2 heterocycles. The maximum Gasteiger partial charge on any atom is 0.417 e. The minimum absolute atomic E-state index is 0.0353. The maximum absolute atomic E-state index is 13.0. The van der Waals surface area contributed by atoms with Crippen LogP contribution < -0.4 is 5.56 Å². The number of H-pyrrole nitrogens is 2. The molecular weight excluding hydrogens is 269 g/mol. The van der Waals surface area contributed by atoms with Gasteiger partial charge >= 0.3 is 6.18 Å². The zero-order valence-corrected chi connectivity index (χ0v) is 10.1. The Kier molecular flexibility index (Phi) is 2.67. The fourth-order valence-corrected chi connectivity index (χ4v) is 2.21. The molecule has 0 atom stereocenters. The molecule has 0 bridgehead atoms. The zero-order chi connectivity index (χ0) is 14.3. The van der Waals surface area contributed by atoms with Gasteiger partial charge in [0.1, 0.15) is 0 Å². The number of pyridine rings is 1. The van der Waals surface area contributed by atoms with Gasteiger partial charge in [0.25, 0.3) is 0 Å². The number of aromatic amines is 2. The van der Waals surface area contributed by atoms with Gasteiger partial charge in [-0.3, -0.25) is 4.79 Å². The van der Waals surface area contributed by atoms with E-state index in [1.54, 1.807) is 0 Å². The van der Waals surface area contributed by atoms with Crippen LogP contribution in [0.25, 0.3) is 22.2 Å². The van der Waals surface area contributed by atoms with E-state index in [1.807, 2.05) is 0 Å². The molecular formula is C14H9F3N2O. The molecule has 6 heteroatoms. The topological polar surface area (TPSA) is 48.6 Å². The predicted molar refractivity (Wildman–Crippen MR) is 69.4 cm³/mol. The van der Waals surface area contributed by atoms with Crippen LogP contribution >= 0.6 is 0 Å². The van der Waals surface area contributed by atoms with Crippen molar-refractivity contribution < 1.29 is 13.2 Å². The molecule has 20 heavy (non-hydrogen) atoms. The first-order valence-electron chi connectivity index (χ1n) is 5.84. The summed E-state index contributed by atoms with van der Waals surface area (Å²) in [6, 6.07) is 8.13. The highest BCUT2D eigenvalue weighted by Gasteiger charge is 2.33. The van der Waals surface area contributed by atoms with E-state index >= 15 is 0 Å². The molecule has 0 unspecified atom stereocenters. The number of alkyl halides is 3. The highest BCUT2D eigenvalue weighted by molar-refractivity contribution is 5.93. The molecule has 2 N–H and O–H groups in total. The molecule has 0 saturated heterocycles. The van der Waals surface area contributed by atoms with Crippen molar-refractivity contribution in [3.8, 4) is 11.1 Å². The van der Waals surface area contributed by atoms with E-state index in [0.717, 1.165) is 6.07 Å². The van der Waals surface area contributed by atoms with E-state index in [2.05, 4.69) is 9.97 Å². The molecule has 3 nitrogen and oxygen atoms in total. The van der Waals surface area contributed by atoms with Gasteiger partial charge < -0.3 is 9.97 Å². The van der Waals surface area contributed by atoms with Gasteiger partial charge in [-0.05, 0) is 17.7 Å². The van der Waals surface area contributed by atoms with Gasteiger partial charge in [-0.2, -0.15) is 13.2 Å². The number of fused-ring (bicyclic) bond motifs is 1. The smallest absolute Gasteiger partial charge is 0.359 e. The summed E-state index contributed by atoms with van der Waals surface area (Å²) in [5.74, 6) is 0. The molecule has 1 aromatic carbocycles. The third-order valence-corrected chi connectivity index (χ3v) is 3.08. The fraction of sp³-hybridized carbons (Fsp3) is 0.0714. The SMILES string of the molecule is O=c1ccc2[nH]cc(-c3ccccc3C(F)(F)F)c2[nH]1. The van der Waals surface area contributed by atoms with E-state index in [4.69, 9.17) is 0 Å². The van der Waals surface area contributed by atoms with Crippen LogP contribution in [-0.4, -0.2) is 9.97 Å². The second-order valence-electron chi connectivity index (χ2n) is 4.36. The van der Waals surface area contributed by atoms with E-state index in [-0.39, 0.29) is 11.1 Å². The highest BCUT2D eigenvalue weighted by atomic mass is 19.4. The lowest BCUT2D eigenvalue weighted by molar-refractivity contribution is -0.137. The minimum Gasteiger partial charge on any atom is -0.359 e. The fourth-order valence-electron chi connectivity index (χ4n) is 2.21. The van der Waals surface area contributed by atoms with E-state index in [0.29, 0.717) is 16.6 Å². The first-order chi connectivity index (χ1) is 9.47. The Morgan fingerprint density at radius 1 is 0.950 bits per heavy atom. The highest BCUT2D eigenvalue weighted by Crippen LogP contribution is 2.38. The Labute approximate surface area is 111 Å². The molecule has 0 saturated carbocycles. The summed E-state index contributed by atoms with van der Waals surface area (Å²) < 4.78 is 39.1. The first-order valence-corrected chi connectivity index (χ1v) is 5.84. The summed E-state index contributed by atoms with van der Waals surface area (Å²) in [4.78, 5) is 16.8. The lowest BCUT2D eigenvalue weighted by Crippen LogP contribution is -2.07. The van der Waals surface area contributed by atoms with Crippen molar-refractivity contribution in [3.63, 3.8) is 0 Å². The predicted octanol–water partition coefficient (Wildman–Crippen LogP) is 3.54. The van der Waals surface area contributed by atoms with Gasteiger partial charge in [0.2, 0.25) is 5.56 Å². The van der Waals surface area contributed by atoms with Gasteiger partial charge in [-0.15, -0.1) is 0 Å². The van der Waals surface area contributed by atoms with Crippen molar-refractivity contribution in [2.75, 3.05) is 0 Å². The number of hydrogen-bond acceptors (Lipinski definition) is 1. The monoisotopic (exact) mass is 278 g/mol. The molecule has 3 rings (SSSR count). The molecule has 102 valence electrons. The minimum atomic E-state index is -4.45. The molecule has 0 radical (unpaired) electrons. The number of benzene rings is 1. The number of nitrogens with one attached hydrogen (secondary N) is 2. The third kappa shape index (κ3) is 1.99. The van der Waals surface area contributed by atoms with Crippen molar-refractivity contribution in [1.82, 2.24) is 9.97 Å². The molecule has 2 aromatic heterocycles. The van der Waals surface area contributed by atoms with Gasteiger partial charge in [-0.1, -0.05) is 18.2 Å². The van der Waals surface area contributed by atoms with Crippen LogP contribution in [0, 0.1) is 0 Å². The molecule has 3 aromatic rings. The molecule has 0 aliphatic rings. The molecule has 0 fully saturated rings. The molecule has 0 aliphatic carbocycles. The average Bonchev–Trinajstić information content (AvgIpc) is 2.80. The summed E-state index contributed by atoms with van der Waals surface area (Å²) >= 11 is 0. The normalized spacial score (nSPS) is 11.9. The summed E-state index contributed by atoms with van der Waals surface area (Å²) in [6.45, 7) is 0. The lowest BCUT2D eigenvalue weighted by Gasteiger charge is -2.11. The van der Waals surface area contributed by atoms with Gasteiger partial charge in [-0.25, -0.2) is 0 Å². The second-order valence-corrected chi connectivity index (χ2v) is 4.36. The van der Waals surface area contributed by atoms with Crippen LogP contribution in [0.3, 0.4) is 0 Å². The lowest BCUT2D eigenvalue weighted by atomic mass is 10.0. The van der Waals surface area contributed by atoms with Crippen LogP contribution in [0.15, 0.2) is 47.4 Å². The Hall–Kier alpha value is -2.50. The third-order valence-electron chi connectivity index (χ3n) is 3.08. The Morgan fingerprint density at radius 2 is 1.70 bits per heavy atom.